The van der Waals surface area contributed by atoms with E-state index in [9.17, 15) is 14.4 Å². The lowest BCUT2D eigenvalue weighted by Gasteiger charge is -2.26. The molecule has 0 bridgehead atoms. The minimum absolute atomic E-state index is 0.0193. The molecule has 3 rings (SSSR count). The Kier molecular flexibility index (Phi) is 5.61. The van der Waals surface area contributed by atoms with E-state index in [2.05, 4.69) is 0 Å². The molecule has 1 fully saturated rings. The van der Waals surface area contributed by atoms with Crippen LogP contribution in [0.2, 0.25) is 5.02 Å². The summed E-state index contributed by atoms with van der Waals surface area (Å²) in [6.45, 7) is 3.67. The molecule has 27 heavy (non-hydrogen) atoms. The Hall–Kier alpha value is -2.66. The van der Waals surface area contributed by atoms with Crippen molar-refractivity contribution in [1.29, 1.82) is 0 Å². The molecule has 3 amide bonds. The number of hydrogen-bond acceptors (Lipinski definition) is 3. The molecule has 1 saturated heterocycles. The zero-order valence-corrected chi connectivity index (χ0v) is 16.1. The summed E-state index contributed by atoms with van der Waals surface area (Å²) >= 11 is 6.01. The molecule has 0 radical (unpaired) electrons. The van der Waals surface area contributed by atoms with Crippen LogP contribution < -0.4 is 4.90 Å². The summed E-state index contributed by atoms with van der Waals surface area (Å²) in [6.07, 6.45) is 0.858. The van der Waals surface area contributed by atoms with Crippen molar-refractivity contribution in [2.45, 2.75) is 39.3 Å². The molecule has 2 aromatic carbocycles. The Labute approximate surface area is 163 Å². The van der Waals surface area contributed by atoms with E-state index < -0.39 is 6.04 Å². The van der Waals surface area contributed by atoms with E-state index in [1.165, 1.54) is 16.7 Å². The third kappa shape index (κ3) is 4.03. The van der Waals surface area contributed by atoms with Crippen LogP contribution >= 0.6 is 11.6 Å². The highest BCUT2D eigenvalue weighted by Gasteiger charge is 2.43. The molecule has 0 aliphatic carbocycles. The van der Waals surface area contributed by atoms with Gasteiger partial charge in [0, 0.05) is 18.5 Å². The predicted molar refractivity (Wildman–Crippen MR) is 104 cm³/mol. The van der Waals surface area contributed by atoms with Crippen LogP contribution in [0.4, 0.5) is 5.69 Å². The zero-order valence-electron chi connectivity index (χ0n) is 15.3. The molecule has 140 valence electrons. The van der Waals surface area contributed by atoms with Gasteiger partial charge in [-0.15, -0.1) is 0 Å². The minimum Gasteiger partial charge on any atom is -0.326 e. The summed E-state index contributed by atoms with van der Waals surface area (Å²) in [6, 6.07) is 13.7. The van der Waals surface area contributed by atoms with E-state index in [4.69, 9.17) is 11.6 Å². The monoisotopic (exact) mass is 384 g/mol. The molecular weight excluding hydrogens is 364 g/mol. The average Bonchev–Trinajstić information content (AvgIpc) is 2.93. The van der Waals surface area contributed by atoms with Crippen LogP contribution in [0.5, 0.6) is 0 Å². The number of amides is 3. The maximum atomic E-state index is 13.0. The number of rotatable bonds is 5. The normalized spacial score (nSPS) is 16.7. The first-order valence-electron chi connectivity index (χ1n) is 8.88. The largest absolute Gasteiger partial charge is 0.326 e. The van der Waals surface area contributed by atoms with Gasteiger partial charge in [0.2, 0.25) is 11.8 Å². The van der Waals surface area contributed by atoms with Crippen molar-refractivity contribution >= 4 is 35.0 Å². The topological polar surface area (TPSA) is 57.7 Å². The molecule has 2 aromatic rings. The van der Waals surface area contributed by atoms with Crippen molar-refractivity contribution in [2.75, 3.05) is 4.90 Å². The SMILES string of the molecule is CCc1ccc(N2C(=O)C[C@@H](N(Cc3cccc(Cl)c3)C(C)=O)C2=O)cc1. The lowest BCUT2D eigenvalue weighted by molar-refractivity contribution is -0.137. The van der Waals surface area contributed by atoms with Gasteiger partial charge in [-0.2, -0.15) is 0 Å². The number of carbonyl (C=O) groups is 3. The Morgan fingerprint density at radius 3 is 2.44 bits per heavy atom. The fraction of sp³-hybridized carbons (Fsp3) is 0.286. The van der Waals surface area contributed by atoms with Crippen molar-refractivity contribution in [3.63, 3.8) is 0 Å². The summed E-state index contributed by atoms with van der Waals surface area (Å²) in [4.78, 5) is 40.3. The first-order valence-corrected chi connectivity index (χ1v) is 9.26. The molecule has 0 N–H and O–H groups in total. The fourth-order valence-electron chi connectivity index (χ4n) is 3.28. The Morgan fingerprint density at radius 2 is 1.85 bits per heavy atom. The van der Waals surface area contributed by atoms with Crippen LogP contribution in [0.3, 0.4) is 0 Å². The van der Waals surface area contributed by atoms with Gasteiger partial charge in [0.1, 0.15) is 6.04 Å². The van der Waals surface area contributed by atoms with Gasteiger partial charge in [0.25, 0.3) is 5.91 Å². The number of imide groups is 1. The molecule has 0 unspecified atom stereocenters. The van der Waals surface area contributed by atoms with Crippen molar-refractivity contribution in [1.82, 2.24) is 4.90 Å². The molecule has 1 aliphatic rings. The summed E-state index contributed by atoms with van der Waals surface area (Å²) in [5.41, 5.74) is 2.47. The van der Waals surface area contributed by atoms with Crippen LogP contribution in [0, 0.1) is 0 Å². The van der Waals surface area contributed by atoms with E-state index in [-0.39, 0.29) is 30.7 Å². The van der Waals surface area contributed by atoms with E-state index >= 15 is 0 Å². The van der Waals surface area contributed by atoms with Gasteiger partial charge in [0.15, 0.2) is 0 Å². The van der Waals surface area contributed by atoms with Crippen LogP contribution in [0.1, 0.15) is 31.4 Å². The quantitative estimate of drug-likeness (QED) is 0.740. The lowest BCUT2D eigenvalue weighted by atomic mass is 10.1. The molecule has 1 heterocycles. The highest BCUT2D eigenvalue weighted by Crippen LogP contribution is 2.27. The second-order valence-corrected chi connectivity index (χ2v) is 7.02. The number of benzene rings is 2. The molecule has 1 atom stereocenters. The summed E-state index contributed by atoms with van der Waals surface area (Å²) < 4.78 is 0. The maximum absolute atomic E-state index is 13.0. The first-order chi connectivity index (χ1) is 12.9. The van der Waals surface area contributed by atoms with Gasteiger partial charge in [-0.05, 0) is 41.8 Å². The summed E-state index contributed by atoms with van der Waals surface area (Å²) in [5, 5.41) is 0.558. The Balaban J connectivity index is 1.85. The van der Waals surface area contributed by atoms with E-state index in [1.807, 2.05) is 25.1 Å². The summed E-state index contributed by atoms with van der Waals surface area (Å²) in [7, 11) is 0. The molecule has 1 aliphatic heterocycles. The number of halogens is 1. The molecule has 5 nitrogen and oxygen atoms in total. The Bertz CT molecular complexity index is 879. The minimum atomic E-state index is -0.806. The predicted octanol–water partition coefficient (Wildman–Crippen LogP) is 3.58. The van der Waals surface area contributed by atoms with Crippen molar-refractivity contribution in [2.24, 2.45) is 0 Å². The smallest absolute Gasteiger partial charge is 0.257 e. The second kappa shape index (κ2) is 7.92. The van der Waals surface area contributed by atoms with E-state index in [0.717, 1.165) is 17.5 Å². The highest BCUT2D eigenvalue weighted by atomic mass is 35.5. The molecular formula is C21H21ClN2O3. The molecule has 0 saturated carbocycles. The second-order valence-electron chi connectivity index (χ2n) is 6.58. The van der Waals surface area contributed by atoms with Gasteiger partial charge in [-0.1, -0.05) is 42.8 Å². The van der Waals surface area contributed by atoms with Gasteiger partial charge < -0.3 is 4.90 Å². The van der Waals surface area contributed by atoms with Crippen molar-refractivity contribution in [3.05, 3.63) is 64.7 Å². The van der Waals surface area contributed by atoms with Gasteiger partial charge in [-0.25, -0.2) is 4.90 Å². The van der Waals surface area contributed by atoms with Gasteiger partial charge in [-0.3, -0.25) is 14.4 Å². The highest BCUT2D eigenvalue weighted by molar-refractivity contribution is 6.30. The first kappa shape index (κ1) is 19.1. The van der Waals surface area contributed by atoms with Crippen LogP contribution in [0.15, 0.2) is 48.5 Å². The van der Waals surface area contributed by atoms with E-state index in [0.29, 0.717) is 10.7 Å². The lowest BCUT2D eigenvalue weighted by Crippen LogP contribution is -2.44. The van der Waals surface area contributed by atoms with Crippen molar-refractivity contribution in [3.8, 4) is 0 Å². The third-order valence-electron chi connectivity index (χ3n) is 4.75. The number of aryl methyl sites for hydroxylation is 1. The number of hydrogen-bond donors (Lipinski definition) is 0. The van der Waals surface area contributed by atoms with Gasteiger partial charge >= 0.3 is 0 Å². The molecule has 6 heteroatoms. The van der Waals surface area contributed by atoms with Crippen LogP contribution in [-0.2, 0) is 27.3 Å². The fourth-order valence-corrected chi connectivity index (χ4v) is 3.50. The zero-order chi connectivity index (χ0) is 19.6. The number of nitrogens with zero attached hydrogens (tertiary/aromatic N) is 2. The molecule has 0 spiro atoms. The van der Waals surface area contributed by atoms with E-state index in [1.54, 1.807) is 30.3 Å². The Morgan fingerprint density at radius 1 is 1.15 bits per heavy atom. The van der Waals surface area contributed by atoms with Crippen molar-refractivity contribution < 1.29 is 14.4 Å². The molecule has 0 aromatic heterocycles. The maximum Gasteiger partial charge on any atom is 0.257 e. The number of carbonyl (C=O) groups excluding carboxylic acids is 3. The van der Waals surface area contributed by atoms with Crippen LogP contribution in [-0.4, -0.2) is 28.7 Å². The van der Waals surface area contributed by atoms with Gasteiger partial charge in [0.05, 0.1) is 12.1 Å². The standard InChI is InChI=1S/C21H21ClN2O3/c1-3-15-7-9-18(10-8-15)24-20(26)12-19(21(24)27)23(14(2)25)13-16-5-4-6-17(22)11-16/h4-11,19H,3,12-13H2,1-2H3/t19-/m1/s1. The average molecular weight is 385 g/mol. The summed E-state index contributed by atoms with van der Waals surface area (Å²) in [5.74, 6) is -0.933. The number of anilines is 1. The third-order valence-corrected chi connectivity index (χ3v) is 4.98. The van der Waals surface area contributed by atoms with Crippen LogP contribution in [0.25, 0.3) is 0 Å².